The summed E-state index contributed by atoms with van der Waals surface area (Å²) in [6.07, 6.45) is 1.67. The van der Waals surface area contributed by atoms with Gasteiger partial charge in [-0.25, -0.2) is 0 Å². The molecule has 5 heteroatoms. The predicted octanol–water partition coefficient (Wildman–Crippen LogP) is 5.14. The number of ether oxygens (including phenoxy) is 1. The van der Waals surface area contributed by atoms with Crippen molar-refractivity contribution in [2.45, 2.75) is 31.4 Å². The molecule has 1 aliphatic rings. The maximum atomic E-state index is 12.0. The van der Waals surface area contributed by atoms with Crippen LogP contribution >= 0.6 is 11.6 Å². The highest BCUT2D eigenvalue weighted by Gasteiger charge is 2.32. The van der Waals surface area contributed by atoms with Crippen molar-refractivity contribution in [3.8, 4) is 5.75 Å². The van der Waals surface area contributed by atoms with Gasteiger partial charge in [0.05, 0.1) is 0 Å². The number of rotatable bonds is 9. The highest BCUT2D eigenvalue weighted by molar-refractivity contribution is 6.30. The van der Waals surface area contributed by atoms with Crippen LogP contribution in [0.15, 0.2) is 72.8 Å². The minimum atomic E-state index is -1.16. The van der Waals surface area contributed by atoms with Crippen LogP contribution in [0, 0.1) is 6.92 Å². The van der Waals surface area contributed by atoms with Crippen molar-refractivity contribution < 1.29 is 9.84 Å². The first-order valence-electron chi connectivity index (χ1n) is 12.0. The van der Waals surface area contributed by atoms with E-state index in [1.807, 2.05) is 72.8 Å². The van der Waals surface area contributed by atoms with Crippen LogP contribution in [0.4, 0.5) is 0 Å². The molecule has 1 saturated heterocycles. The molecule has 3 aromatic rings. The molecular weight excluding hydrogens is 444 g/mol. The van der Waals surface area contributed by atoms with Crippen LogP contribution in [0.25, 0.3) is 0 Å². The lowest BCUT2D eigenvalue weighted by molar-refractivity contribution is 0.0810. The summed E-state index contributed by atoms with van der Waals surface area (Å²) in [6, 6.07) is 24.3. The average Bonchev–Trinajstić information content (AvgIpc) is 3.31. The SMILES string of the molecule is Cc1ccc(C(O)(Cc2ccc(Cl)cc2)c2ccc(OCCN3CC[C@H](N(C)C)C3)cc2)cc1. The first kappa shape index (κ1) is 24.7. The summed E-state index contributed by atoms with van der Waals surface area (Å²) >= 11 is 6.07. The number of aryl methyl sites for hydroxylation is 1. The summed E-state index contributed by atoms with van der Waals surface area (Å²) in [6.45, 7) is 5.86. The van der Waals surface area contributed by atoms with Crippen molar-refractivity contribution in [1.82, 2.24) is 9.80 Å². The lowest BCUT2D eigenvalue weighted by Crippen LogP contribution is -2.33. The molecule has 3 aromatic carbocycles. The van der Waals surface area contributed by atoms with Crippen LogP contribution < -0.4 is 4.74 Å². The monoisotopic (exact) mass is 478 g/mol. The second-order valence-electron chi connectivity index (χ2n) is 9.61. The van der Waals surface area contributed by atoms with Crippen LogP contribution in [-0.4, -0.2) is 61.3 Å². The number of likely N-dealkylation sites (tertiary alicyclic amines) is 1. The number of aliphatic hydroxyl groups is 1. The quantitative estimate of drug-likeness (QED) is 0.462. The molecule has 1 heterocycles. The Kier molecular flexibility index (Phi) is 7.95. The lowest BCUT2D eigenvalue weighted by atomic mass is 9.81. The van der Waals surface area contributed by atoms with Gasteiger partial charge >= 0.3 is 0 Å². The Morgan fingerprint density at radius 1 is 0.971 bits per heavy atom. The summed E-state index contributed by atoms with van der Waals surface area (Å²) in [5.74, 6) is 0.824. The molecule has 4 nitrogen and oxygen atoms in total. The van der Waals surface area contributed by atoms with Crippen LogP contribution in [0.1, 0.15) is 28.7 Å². The Labute approximate surface area is 208 Å². The molecule has 1 fully saturated rings. The van der Waals surface area contributed by atoms with Gasteiger partial charge in [-0.15, -0.1) is 0 Å². The van der Waals surface area contributed by atoms with Gasteiger partial charge in [-0.2, -0.15) is 0 Å². The first-order chi connectivity index (χ1) is 16.3. The van der Waals surface area contributed by atoms with E-state index >= 15 is 0 Å². The molecule has 1 N–H and O–H groups in total. The van der Waals surface area contributed by atoms with E-state index in [1.54, 1.807) is 0 Å². The third kappa shape index (κ3) is 6.00. The van der Waals surface area contributed by atoms with E-state index in [4.69, 9.17) is 16.3 Å². The second-order valence-corrected chi connectivity index (χ2v) is 10.0. The van der Waals surface area contributed by atoms with Gasteiger partial charge in [0.15, 0.2) is 0 Å². The van der Waals surface area contributed by atoms with E-state index in [0.29, 0.717) is 24.1 Å². The summed E-state index contributed by atoms with van der Waals surface area (Å²) < 4.78 is 6.03. The zero-order chi connectivity index (χ0) is 24.1. The van der Waals surface area contributed by atoms with Crippen LogP contribution in [-0.2, 0) is 12.0 Å². The van der Waals surface area contributed by atoms with E-state index in [9.17, 15) is 5.11 Å². The number of halogens is 1. The largest absolute Gasteiger partial charge is 0.492 e. The Bertz CT molecular complexity index is 1050. The van der Waals surface area contributed by atoms with Crippen LogP contribution in [0.2, 0.25) is 5.02 Å². The van der Waals surface area contributed by atoms with Crippen LogP contribution in [0.5, 0.6) is 5.75 Å². The number of likely N-dealkylation sites (N-methyl/N-ethyl adjacent to an activating group) is 1. The Morgan fingerprint density at radius 3 is 2.18 bits per heavy atom. The molecule has 180 valence electrons. The number of benzene rings is 3. The van der Waals surface area contributed by atoms with Gasteiger partial charge in [-0.05, 0) is 74.9 Å². The predicted molar refractivity (Wildman–Crippen MR) is 140 cm³/mol. The molecule has 0 amide bonds. The maximum Gasteiger partial charge on any atom is 0.119 e. The normalized spacial score (nSPS) is 18.2. The zero-order valence-electron chi connectivity index (χ0n) is 20.4. The minimum Gasteiger partial charge on any atom is -0.492 e. The summed E-state index contributed by atoms with van der Waals surface area (Å²) in [4.78, 5) is 4.76. The molecule has 0 aliphatic carbocycles. The average molecular weight is 479 g/mol. The molecular formula is C29H35ClN2O2. The molecule has 0 radical (unpaired) electrons. The number of nitrogens with zero attached hydrogens (tertiary/aromatic N) is 2. The topological polar surface area (TPSA) is 35.9 Å². The van der Waals surface area contributed by atoms with Crippen molar-refractivity contribution in [3.63, 3.8) is 0 Å². The van der Waals surface area contributed by atoms with E-state index in [-0.39, 0.29) is 0 Å². The molecule has 1 aliphatic heterocycles. The van der Waals surface area contributed by atoms with Crippen molar-refractivity contribution >= 4 is 11.6 Å². The molecule has 1 unspecified atom stereocenters. The fourth-order valence-corrected chi connectivity index (χ4v) is 4.78. The highest BCUT2D eigenvalue weighted by Crippen LogP contribution is 2.34. The third-order valence-electron chi connectivity index (χ3n) is 6.89. The van der Waals surface area contributed by atoms with E-state index in [2.05, 4.69) is 30.8 Å². The van der Waals surface area contributed by atoms with Crippen molar-refractivity contribution in [2.24, 2.45) is 0 Å². The van der Waals surface area contributed by atoms with Gasteiger partial charge in [-0.3, -0.25) is 4.90 Å². The van der Waals surface area contributed by atoms with E-state index < -0.39 is 5.60 Å². The number of hydrogen-bond acceptors (Lipinski definition) is 4. The molecule has 2 atom stereocenters. The van der Waals surface area contributed by atoms with E-state index in [0.717, 1.165) is 47.6 Å². The molecule has 0 spiro atoms. The Balaban J connectivity index is 1.46. The summed E-state index contributed by atoms with van der Waals surface area (Å²) in [5.41, 5.74) is 2.74. The van der Waals surface area contributed by atoms with Crippen molar-refractivity contribution in [1.29, 1.82) is 0 Å². The summed E-state index contributed by atoms with van der Waals surface area (Å²) in [5, 5.41) is 12.7. The Morgan fingerprint density at radius 2 is 1.59 bits per heavy atom. The first-order valence-corrected chi connectivity index (χ1v) is 12.4. The summed E-state index contributed by atoms with van der Waals surface area (Å²) in [7, 11) is 4.30. The van der Waals surface area contributed by atoms with Crippen molar-refractivity contribution in [2.75, 3.05) is 40.3 Å². The zero-order valence-corrected chi connectivity index (χ0v) is 21.1. The fourth-order valence-electron chi connectivity index (χ4n) is 4.65. The molecule has 0 bridgehead atoms. The minimum absolute atomic E-state index is 0.454. The second kappa shape index (κ2) is 10.9. The van der Waals surface area contributed by atoms with Crippen LogP contribution in [0.3, 0.4) is 0 Å². The third-order valence-corrected chi connectivity index (χ3v) is 7.14. The molecule has 0 saturated carbocycles. The maximum absolute atomic E-state index is 12.0. The van der Waals surface area contributed by atoms with Gasteiger partial charge in [0, 0.05) is 30.6 Å². The van der Waals surface area contributed by atoms with Gasteiger partial charge in [0.1, 0.15) is 18.0 Å². The standard InChI is InChI=1S/C29H35ClN2O2/c1-22-4-8-24(9-5-22)29(33,20-23-6-12-26(30)13-7-23)25-10-14-28(15-11-25)34-19-18-32-17-16-27(21-32)31(2)3/h4-15,27,33H,16-21H2,1-3H3/t27-,29?/m0/s1. The molecule has 34 heavy (non-hydrogen) atoms. The molecule has 0 aromatic heterocycles. The van der Waals surface area contributed by atoms with Crippen molar-refractivity contribution in [3.05, 3.63) is 100 Å². The van der Waals surface area contributed by atoms with Gasteiger partial charge < -0.3 is 14.7 Å². The highest BCUT2D eigenvalue weighted by atomic mass is 35.5. The van der Waals surface area contributed by atoms with Gasteiger partial charge in [0.25, 0.3) is 0 Å². The van der Waals surface area contributed by atoms with E-state index in [1.165, 1.54) is 6.42 Å². The fraction of sp³-hybridized carbons (Fsp3) is 0.379. The lowest BCUT2D eigenvalue weighted by Gasteiger charge is -2.30. The number of hydrogen-bond donors (Lipinski definition) is 1. The van der Waals surface area contributed by atoms with Gasteiger partial charge in [-0.1, -0.05) is 65.7 Å². The molecule has 4 rings (SSSR count). The Hall–Kier alpha value is -2.37. The smallest absolute Gasteiger partial charge is 0.119 e. The van der Waals surface area contributed by atoms with Gasteiger partial charge in [0.2, 0.25) is 0 Å².